The summed E-state index contributed by atoms with van der Waals surface area (Å²) in [5.41, 5.74) is 1.17. The van der Waals surface area contributed by atoms with Crippen LogP contribution >= 0.6 is 0 Å². The molecule has 100 valence electrons. The van der Waals surface area contributed by atoms with Crippen molar-refractivity contribution in [2.24, 2.45) is 0 Å². The topological polar surface area (TPSA) is 73.6 Å². The predicted molar refractivity (Wildman–Crippen MR) is 68.4 cm³/mol. The van der Waals surface area contributed by atoms with Gasteiger partial charge in [0.05, 0.1) is 25.6 Å². The van der Waals surface area contributed by atoms with Crippen LogP contribution in [0.1, 0.15) is 16.1 Å². The molecule has 0 amide bonds. The Kier molecular flexibility index (Phi) is 3.41. The molecule has 0 unspecified atom stereocenters. The summed E-state index contributed by atoms with van der Waals surface area (Å²) in [7, 11) is 3.00. The highest BCUT2D eigenvalue weighted by molar-refractivity contribution is 5.91. The molecular formula is C13H14N2O4. The lowest BCUT2D eigenvalue weighted by molar-refractivity contribution is 0.0692. The van der Waals surface area contributed by atoms with Crippen molar-refractivity contribution >= 4 is 5.97 Å². The maximum atomic E-state index is 11.2. The Morgan fingerprint density at radius 1 is 1.21 bits per heavy atom. The Bertz CT molecular complexity index is 602. The Labute approximate surface area is 110 Å². The first-order valence-corrected chi connectivity index (χ1v) is 5.59. The SMILES string of the molecule is COc1ccc(-n2nc(C)c(C(=O)O)c2OC)cc1. The van der Waals surface area contributed by atoms with Crippen LogP contribution in [0.5, 0.6) is 11.6 Å². The van der Waals surface area contributed by atoms with Gasteiger partial charge in [0.25, 0.3) is 0 Å². The van der Waals surface area contributed by atoms with E-state index in [-0.39, 0.29) is 11.4 Å². The van der Waals surface area contributed by atoms with Crippen LogP contribution in [0.4, 0.5) is 0 Å². The van der Waals surface area contributed by atoms with E-state index in [9.17, 15) is 4.79 Å². The van der Waals surface area contributed by atoms with Crippen LogP contribution < -0.4 is 9.47 Å². The Hall–Kier alpha value is -2.50. The zero-order valence-electron chi connectivity index (χ0n) is 10.9. The van der Waals surface area contributed by atoms with Gasteiger partial charge in [0.2, 0.25) is 5.88 Å². The maximum Gasteiger partial charge on any atom is 0.343 e. The molecule has 0 aliphatic rings. The van der Waals surface area contributed by atoms with Crippen LogP contribution in [0.15, 0.2) is 24.3 Å². The lowest BCUT2D eigenvalue weighted by Gasteiger charge is -2.07. The van der Waals surface area contributed by atoms with Crippen molar-refractivity contribution in [1.82, 2.24) is 9.78 Å². The summed E-state index contributed by atoms with van der Waals surface area (Å²) in [4.78, 5) is 11.2. The molecule has 1 heterocycles. The van der Waals surface area contributed by atoms with Crippen molar-refractivity contribution in [2.75, 3.05) is 14.2 Å². The highest BCUT2D eigenvalue weighted by atomic mass is 16.5. The van der Waals surface area contributed by atoms with Crippen molar-refractivity contribution in [3.8, 4) is 17.3 Å². The van der Waals surface area contributed by atoms with Gasteiger partial charge in [-0.05, 0) is 31.2 Å². The number of carboxylic acids is 1. The number of hydrogen-bond donors (Lipinski definition) is 1. The number of aromatic carboxylic acids is 1. The van der Waals surface area contributed by atoms with Gasteiger partial charge >= 0.3 is 5.97 Å². The molecule has 19 heavy (non-hydrogen) atoms. The first-order chi connectivity index (χ1) is 9.08. The van der Waals surface area contributed by atoms with Gasteiger partial charge in [-0.3, -0.25) is 0 Å². The molecule has 0 saturated carbocycles. The van der Waals surface area contributed by atoms with Crippen LogP contribution in [-0.4, -0.2) is 35.1 Å². The summed E-state index contributed by atoms with van der Waals surface area (Å²) in [6, 6.07) is 7.09. The van der Waals surface area contributed by atoms with Gasteiger partial charge < -0.3 is 14.6 Å². The molecule has 1 aromatic carbocycles. The summed E-state index contributed by atoms with van der Waals surface area (Å²) >= 11 is 0. The number of rotatable bonds is 4. The quantitative estimate of drug-likeness (QED) is 0.910. The van der Waals surface area contributed by atoms with Gasteiger partial charge in [0.1, 0.15) is 11.3 Å². The van der Waals surface area contributed by atoms with E-state index in [1.807, 2.05) is 0 Å². The summed E-state index contributed by atoms with van der Waals surface area (Å²) in [6.07, 6.45) is 0. The summed E-state index contributed by atoms with van der Waals surface area (Å²) in [6.45, 7) is 1.63. The van der Waals surface area contributed by atoms with E-state index in [1.165, 1.54) is 11.8 Å². The first-order valence-electron chi connectivity index (χ1n) is 5.59. The molecule has 0 atom stereocenters. The molecule has 6 heteroatoms. The van der Waals surface area contributed by atoms with E-state index < -0.39 is 5.97 Å². The fraction of sp³-hybridized carbons (Fsp3) is 0.231. The van der Waals surface area contributed by atoms with Crippen LogP contribution in [0, 0.1) is 6.92 Å². The second kappa shape index (κ2) is 5.01. The first kappa shape index (κ1) is 12.9. The highest BCUT2D eigenvalue weighted by Crippen LogP contribution is 2.26. The molecule has 6 nitrogen and oxygen atoms in total. The third kappa shape index (κ3) is 2.24. The summed E-state index contributed by atoms with van der Waals surface area (Å²) < 4.78 is 11.7. The van der Waals surface area contributed by atoms with Crippen LogP contribution in [0.2, 0.25) is 0 Å². The number of nitrogens with zero attached hydrogens (tertiary/aromatic N) is 2. The third-order valence-corrected chi connectivity index (χ3v) is 2.74. The Morgan fingerprint density at radius 3 is 2.32 bits per heavy atom. The molecule has 0 radical (unpaired) electrons. The number of aryl methyl sites for hydroxylation is 1. The molecule has 0 spiro atoms. The van der Waals surface area contributed by atoms with Crippen molar-refractivity contribution < 1.29 is 19.4 Å². The molecule has 0 aliphatic carbocycles. The van der Waals surface area contributed by atoms with Crippen molar-refractivity contribution in [3.05, 3.63) is 35.5 Å². The largest absolute Gasteiger partial charge is 0.497 e. The maximum absolute atomic E-state index is 11.2. The molecule has 2 rings (SSSR count). The lowest BCUT2D eigenvalue weighted by Crippen LogP contribution is -2.03. The molecule has 1 aromatic heterocycles. The van der Waals surface area contributed by atoms with E-state index in [1.54, 1.807) is 38.3 Å². The number of ether oxygens (including phenoxy) is 2. The normalized spacial score (nSPS) is 10.3. The van der Waals surface area contributed by atoms with Gasteiger partial charge in [-0.1, -0.05) is 0 Å². The monoisotopic (exact) mass is 262 g/mol. The molecular weight excluding hydrogens is 248 g/mol. The van der Waals surface area contributed by atoms with E-state index in [2.05, 4.69) is 5.10 Å². The summed E-state index contributed by atoms with van der Waals surface area (Å²) in [5, 5.41) is 13.4. The average Bonchev–Trinajstić information content (AvgIpc) is 2.75. The molecule has 0 saturated heterocycles. The lowest BCUT2D eigenvalue weighted by atomic mass is 10.2. The van der Waals surface area contributed by atoms with E-state index in [4.69, 9.17) is 14.6 Å². The zero-order chi connectivity index (χ0) is 14.0. The number of carbonyl (C=O) groups is 1. The van der Waals surface area contributed by atoms with Gasteiger partial charge in [0, 0.05) is 0 Å². The van der Waals surface area contributed by atoms with Crippen molar-refractivity contribution in [1.29, 1.82) is 0 Å². The standard InChI is InChI=1S/C13H14N2O4/c1-8-11(13(16)17)12(19-3)15(14-8)9-4-6-10(18-2)7-5-9/h4-7H,1-3H3,(H,16,17). The smallest absolute Gasteiger partial charge is 0.343 e. The van der Waals surface area contributed by atoms with Crippen LogP contribution in [-0.2, 0) is 0 Å². The minimum atomic E-state index is -1.06. The van der Waals surface area contributed by atoms with Crippen molar-refractivity contribution in [2.45, 2.75) is 6.92 Å². The van der Waals surface area contributed by atoms with Gasteiger partial charge in [0.15, 0.2) is 0 Å². The van der Waals surface area contributed by atoms with E-state index >= 15 is 0 Å². The molecule has 2 aromatic rings. The van der Waals surface area contributed by atoms with Crippen LogP contribution in [0.3, 0.4) is 0 Å². The van der Waals surface area contributed by atoms with Crippen LogP contribution in [0.25, 0.3) is 5.69 Å². The minimum absolute atomic E-state index is 0.0679. The second-order valence-corrected chi connectivity index (χ2v) is 3.88. The molecule has 0 aliphatic heterocycles. The fourth-order valence-electron chi connectivity index (χ4n) is 1.84. The minimum Gasteiger partial charge on any atom is -0.497 e. The molecule has 1 N–H and O–H groups in total. The van der Waals surface area contributed by atoms with Gasteiger partial charge in [-0.25, -0.2) is 9.48 Å². The Morgan fingerprint density at radius 2 is 1.84 bits per heavy atom. The number of aromatic nitrogens is 2. The van der Waals surface area contributed by atoms with E-state index in [0.29, 0.717) is 17.1 Å². The third-order valence-electron chi connectivity index (χ3n) is 2.74. The highest BCUT2D eigenvalue weighted by Gasteiger charge is 2.22. The van der Waals surface area contributed by atoms with E-state index in [0.717, 1.165) is 0 Å². The Balaban J connectivity index is 2.55. The van der Waals surface area contributed by atoms with Gasteiger partial charge in [-0.2, -0.15) is 5.10 Å². The fourth-order valence-corrected chi connectivity index (χ4v) is 1.84. The summed E-state index contributed by atoms with van der Waals surface area (Å²) in [5.74, 6) is -0.144. The second-order valence-electron chi connectivity index (χ2n) is 3.88. The van der Waals surface area contributed by atoms with Gasteiger partial charge in [-0.15, -0.1) is 0 Å². The average molecular weight is 262 g/mol. The predicted octanol–water partition coefficient (Wildman–Crippen LogP) is 1.90. The molecule has 0 bridgehead atoms. The number of methoxy groups -OCH3 is 2. The number of carboxylic acid groups (broad SMARTS) is 1. The van der Waals surface area contributed by atoms with Crippen molar-refractivity contribution in [3.63, 3.8) is 0 Å². The zero-order valence-corrected chi connectivity index (χ0v) is 10.9. The molecule has 0 fully saturated rings. The number of hydrogen-bond acceptors (Lipinski definition) is 4. The number of benzene rings is 1.